The minimum atomic E-state index is -0.913. The lowest BCUT2D eigenvalue weighted by atomic mass is 9.34. The lowest BCUT2D eigenvalue weighted by Gasteiger charge is -2.69. The summed E-state index contributed by atoms with van der Waals surface area (Å²) >= 11 is 0. The van der Waals surface area contributed by atoms with Crippen LogP contribution in [0.4, 0.5) is 0 Å². The van der Waals surface area contributed by atoms with E-state index in [1.807, 2.05) is 19.9 Å². The average molecular weight is 537 g/mol. The monoisotopic (exact) mass is 536 g/mol. The first-order valence-corrected chi connectivity index (χ1v) is 15.1. The molecule has 0 unspecified atom stereocenters. The van der Waals surface area contributed by atoms with Gasteiger partial charge >= 0.3 is 0 Å². The number of carbonyl (C=O) groups is 2. The van der Waals surface area contributed by atoms with Crippen LogP contribution in [0, 0.1) is 56.8 Å². The number of carbonyl (C=O) groups excluding carboxylic acids is 2. The zero-order valence-electron chi connectivity index (χ0n) is 25.0. The minimum Gasteiger partial charge on any atom is -0.523 e. The Morgan fingerprint density at radius 2 is 1.77 bits per heavy atom. The fraction of sp³-hybridized carbons (Fsp3) is 0.788. The van der Waals surface area contributed by atoms with Crippen molar-refractivity contribution in [2.45, 2.75) is 99.8 Å². The van der Waals surface area contributed by atoms with Gasteiger partial charge in [0.25, 0.3) is 0 Å². The molecular weight excluding hydrogens is 488 g/mol. The number of nitrogens with zero attached hydrogens (tertiary/aromatic N) is 1. The van der Waals surface area contributed by atoms with Gasteiger partial charge in [0, 0.05) is 17.9 Å². The first-order chi connectivity index (χ1) is 18.1. The van der Waals surface area contributed by atoms with Crippen LogP contribution in [0.2, 0.25) is 0 Å². The fourth-order valence-electron chi connectivity index (χ4n) is 10.6. The lowest BCUT2D eigenvalue weighted by molar-refractivity contribution is -0.180. The van der Waals surface area contributed by atoms with Gasteiger partial charge in [-0.3, -0.25) is 9.59 Å². The van der Waals surface area contributed by atoms with E-state index in [0.717, 1.165) is 50.5 Å². The Morgan fingerprint density at radius 1 is 1.10 bits per heavy atom. The van der Waals surface area contributed by atoms with Gasteiger partial charge in [0.05, 0.1) is 18.6 Å². The molecule has 0 aromatic heterocycles. The highest BCUT2D eigenvalue weighted by Crippen LogP contribution is 2.75. The van der Waals surface area contributed by atoms with Crippen molar-refractivity contribution in [1.29, 1.82) is 0 Å². The Labute approximate surface area is 234 Å². The van der Waals surface area contributed by atoms with Crippen molar-refractivity contribution in [1.82, 2.24) is 5.32 Å². The molecule has 3 N–H and O–H groups in total. The van der Waals surface area contributed by atoms with E-state index in [1.54, 1.807) is 0 Å². The van der Waals surface area contributed by atoms with Gasteiger partial charge in [-0.25, -0.2) is 4.85 Å². The molecule has 3 saturated carbocycles. The molecule has 5 aliphatic carbocycles. The number of fused-ring (bicyclic) bond motifs is 7. The van der Waals surface area contributed by atoms with E-state index in [0.29, 0.717) is 18.7 Å². The maximum atomic E-state index is 14.5. The average Bonchev–Trinajstić information content (AvgIpc) is 2.87. The lowest BCUT2D eigenvalue weighted by Crippen LogP contribution is -2.66. The second kappa shape index (κ2) is 8.68. The molecule has 0 spiro atoms. The Balaban J connectivity index is 1.67. The topological polar surface area (TPSA) is 91.0 Å². The van der Waals surface area contributed by atoms with Crippen LogP contribution in [-0.4, -0.2) is 35.1 Å². The van der Waals surface area contributed by atoms with E-state index in [1.165, 1.54) is 0 Å². The minimum absolute atomic E-state index is 0.00369. The standard InChI is InChI=1S/C33H48N2O4/c1-9-35-27(39)33-14-12-28(2,3)17-20(33)25-22(37)16-24-29(4)18-21(34-8)26(38)30(5,19-36)23(29)10-11-31(24,6)32(25,7)13-15-33/h16,20,23,25,36,38H,9-15,17-19H2,1-7H3,(H,35,39)/t20-,23+,25-,29-,30-,31+,32+,33-/m0/s1. The van der Waals surface area contributed by atoms with Gasteiger partial charge in [-0.1, -0.05) is 47.1 Å². The summed E-state index contributed by atoms with van der Waals surface area (Å²) in [6, 6.07) is 0. The molecule has 3 fully saturated rings. The number of aliphatic hydroxyl groups is 2. The maximum Gasteiger partial charge on any atom is 0.226 e. The molecule has 6 heteroatoms. The molecule has 0 bridgehead atoms. The Bertz CT molecular complexity index is 1210. The number of amides is 1. The van der Waals surface area contributed by atoms with Crippen LogP contribution >= 0.6 is 0 Å². The number of allylic oxidation sites excluding steroid dienone is 3. The molecule has 1 amide bonds. The quantitative estimate of drug-likeness (QED) is 0.365. The largest absolute Gasteiger partial charge is 0.523 e. The zero-order valence-corrected chi connectivity index (χ0v) is 25.0. The van der Waals surface area contributed by atoms with E-state index in [-0.39, 0.29) is 58.1 Å². The number of ketones is 1. The van der Waals surface area contributed by atoms with Crippen molar-refractivity contribution in [2.24, 2.45) is 50.2 Å². The predicted molar refractivity (Wildman–Crippen MR) is 151 cm³/mol. The smallest absolute Gasteiger partial charge is 0.226 e. The first kappa shape index (κ1) is 28.4. The molecule has 0 aliphatic heterocycles. The van der Waals surface area contributed by atoms with Gasteiger partial charge in [-0.2, -0.15) is 0 Å². The number of rotatable bonds is 3. The van der Waals surface area contributed by atoms with Crippen LogP contribution in [-0.2, 0) is 9.59 Å². The molecule has 0 aromatic carbocycles. The number of hydrogen-bond acceptors (Lipinski definition) is 4. The maximum absolute atomic E-state index is 14.5. The van der Waals surface area contributed by atoms with Crippen LogP contribution in [0.25, 0.3) is 4.85 Å². The second-order valence-corrected chi connectivity index (χ2v) is 15.3. The van der Waals surface area contributed by atoms with Crippen molar-refractivity contribution in [3.05, 3.63) is 34.5 Å². The van der Waals surface area contributed by atoms with Crippen molar-refractivity contribution < 1.29 is 19.8 Å². The second-order valence-electron chi connectivity index (χ2n) is 15.3. The third-order valence-corrected chi connectivity index (χ3v) is 13.0. The number of nitrogens with one attached hydrogen (secondary N) is 1. The van der Waals surface area contributed by atoms with Crippen LogP contribution < -0.4 is 5.32 Å². The van der Waals surface area contributed by atoms with Crippen molar-refractivity contribution in [3.8, 4) is 0 Å². The van der Waals surface area contributed by atoms with Crippen LogP contribution in [0.5, 0.6) is 0 Å². The van der Waals surface area contributed by atoms with Gasteiger partial charge < -0.3 is 15.5 Å². The summed E-state index contributed by atoms with van der Waals surface area (Å²) < 4.78 is 0. The molecule has 0 heterocycles. The third-order valence-electron chi connectivity index (χ3n) is 13.0. The van der Waals surface area contributed by atoms with Crippen LogP contribution in [0.1, 0.15) is 99.8 Å². The van der Waals surface area contributed by atoms with Gasteiger partial charge in [-0.15, -0.1) is 0 Å². The highest BCUT2D eigenvalue weighted by atomic mass is 16.3. The molecule has 8 atom stereocenters. The normalized spacial score (nSPS) is 46.6. The van der Waals surface area contributed by atoms with Gasteiger partial charge in [0.1, 0.15) is 5.76 Å². The Hall–Kier alpha value is -2.13. The molecule has 0 radical (unpaired) electrons. The van der Waals surface area contributed by atoms with E-state index < -0.39 is 16.2 Å². The third kappa shape index (κ3) is 3.47. The molecule has 0 saturated heterocycles. The summed E-state index contributed by atoms with van der Waals surface area (Å²) in [4.78, 5) is 32.0. The van der Waals surface area contributed by atoms with Gasteiger partial charge in [-0.05, 0) is 97.9 Å². The summed E-state index contributed by atoms with van der Waals surface area (Å²) in [6.45, 7) is 23.4. The summed E-state index contributed by atoms with van der Waals surface area (Å²) in [6.07, 6.45) is 8.28. The predicted octanol–water partition coefficient (Wildman–Crippen LogP) is 6.37. The van der Waals surface area contributed by atoms with Crippen LogP contribution in [0.3, 0.4) is 0 Å². The summed E-state index contributed by atoms with van der Waals surface area (Å²) in [5, 5.41) is 24.7. The SMILES string of the molecule is [C-]#[N+]C1=C(O)[C@@](C)(CO)[C@@H]2CC[C@]3(C)C(=CC(=O)[C@@H]4[C@@H]5CC(C)(C)CC[C@]5(C(=O)NCC)CC[C@]43C)[C@@]2(C)C1. The van der Waals surface area contributed by atoms with Crippen molar-refractivity contribution in [3.63, 3.8) is 0 Å². The zero-order chi connectivity index (χ0) is 28.8. The van der Waals surface area contributed by atoms with Crippen molar-refractivity contribution >= 4 is 11.7 Å². The number of hydrogen-bond donors (Lipinski definition) is 3. The van der Waals surface area contributed by atoms with E-state index in [2.05, 4.69) is 44.8 Å². The van der Waals surface area contributed by atoms with Gasteiger partial charge in [0.2, 0.25) is 11.6 Å². The van der Waals surface area contributed by atoms with E-state index >= 15 is 0 Å². The Morgan fingerprint density at radius 3 is 2.38 bits per heavy atom. The molecular formula is C33H48N2O4. The molecule has 5 aliphatic rings. The molecule has 5 rings (SSSR count). The first-order valence-electron chi connectivity index (χ1n) is 15.1. The summed E-state index contributed by atoms with van der Waals surface area (Å²) in [5.41, 5.74) is -1.03. The van der Waals surface area contributed by atoms with Gasteiger partial charge in [0.15, 0.2) is 5.78 Å². The highest BCUT2D eigenvalue weighted by molar-refractivity contribution is 5.96. The summed E-state index contributed by atoms with van der Waals surface area (Å²) in [5.74, 6) is -0.0115. The van der Waals surface area contributed by atoms with E-state index in [4.69, 9.17) is 6.57 Å². The molecule has 0 aromatic rings. The summed E-state index contributed by atoms with van der Waals surface area (Å²) in [7, 11) is 0. The number of aliphatic hydroxyl groups excluding tert-OH is 2. The van der Waals surface area contributed by atoms with Crippen molar-refractivity contribution in [2.75, 3.05) is 13.2 Å². The van der Waals surface area contributed by atoms with E-state index in [9.17, 15) is 19.8 Å². The fourth-order valence-corrected chi connectivity index (χ4v) is 10.6. The van der Waals surface area contributed by atoms with Crippen LogP contribution in [0.15, 0.2) is 23.1 Å². The molecule has 214 valence electrons. The molecule has 6 nitrogen and oxygen atoms in total. The Kier molecular flexibility index (Phi) is 6.32. The molecule has 39 heavy (non-hydrogen) atoms. The highest BCUT2D eigenvalue weighted by Gasteiger charge is 2.71.